The molecule has 2 fully saturated rings. The van der Waals surface area contributed by atoms with Crippen LogP contribution in [0, 0.1) is 0 Å². The van der Waals surface area contributed by atoms with Crippen LogP contribution in [0.3, 0.4) is 0 Å². The van der Waals surface area contributed by atoms with Crippen LogP contribution in [-0.4, -0.2) is 47.1 Å². The number of imide groups is 1. The van der Waals surface area contributed by atoms with Crippen molar-refractivity contribution in [3.63, 3.8) is 0 Å². The summed E-state index contributed by atoms with van der Waals surface area (Å²) in [7, 11) is 1.49. The Bertz CT molecular complexity index is 286. The molecule has 1 aliphatic heterocycles. The molecule has 1 saturated carbocycles. The van der Waals surface area contributed by atoms with Gasteiger partial charge in [0.05, 0.1) is 19.1 Å². The van der Waals surface area contributed by atoms with Crippen LogP contribution in [0.4, 0.5) is 0 Å². The van der Waals surface area contributed by atoms with E-state index in [0.717, 1.165) is 17.7 Å². The molecule has 2 amide bonds. The monoisotopic (exact) mass is 198 g/mol. The number of rotatable bonds is 3. The van der Waals surface area contributed by atoms with Crippen LogP contribution in [0.2, 0.25) is 0 Å². The molecule has 0 aromatic carbocycles. The van der Waals surface area contributed by atoms with E-state index in [4.69, 9.17) is 5.11 Å². The van der Waals surface area contributed by atoms with Crippen LogP contribution in [-0.2, 0) is 9.59 Å². The highest BCUT2D eigenvalue weighted by atomic mass is 16.3. The van der Waals surface area contributed by atoms with Gasteiger partial charge in [0.1, 0.15) is 0 Å². The Morgan fingerprint density at radius 2 is 2.21 bits per heavy atom. The molecule has 1 aliphatic carbocycles. The summed E-state index contributed by atoms with van der Waals surface area (Å²) in [4.78, 5) is 23.8. The number of likely N-dealkylation sites (N-methyl/N-ethyl adjacent to an activating group) is 1. The van der Waals surface area contributed by atoms with Crippen molar-refractivity contribution in [3.8, 4) is 0 Å². The smallest absolute Gasteiger partial charge is 0.246 e. The summed E-state index contributed by atoms with van der Waals surface area (Å²) in [6.07, 6.45) is 1.98. The van der Waals surface area contributed by atoms with E-state index in [1.54, 1.807) is 0 Å². The molecule has 2 rings (SSSR count). The molecular formula is C9H14N2O3. The highest BCUT2D eigenvalue weighted by Gasteiger charge is 2.47. The highest BCUT2D eigenvalue weighted by Crippen LogP contribution is 2.36. The lowest BCUT2D eigenvalue weighted by Crippen LogP contribution is -2.46. The number of hydrogen-bond donors (Lipinski definition) is 2. The predicted molar refractivity (Wildman–Crippen MR) is 48.4 cm³/mol. The van der Waals surface area contributed by atoms with Crippen LogP contribution >= 0.6 is 0 Å². The number of nitrogens with one attached hydrogen (secondary N) is 1. The minimum atomic E-state index is -0.429. The van der Waals surface area contributed by atoms with E-state index in [2.05, 4.69) is 5.32 Å². The van der Waals surface area contributed by atoms with E-state index in [-0.39, 0.29) is 30.4 Å². The topological polar surface area (TPSA) is 69.6 Å². The van der Waals surface area contributed by atoms with Crippen molar-refractivity contribution in [2.75, 3.05) is 13.7 Å². The fourth-order valence-corrected chi connectivity index (χ4v) is 1.74. The van der Waals surface area contributed by atoms with Crippen molar-refractivity contribution in [1.29, 1.82) is 0 Å². The van der Waals surface area contributed by atoms with Gasteiger partial charge in [0.25, 0.3) is 0 Å². The Morgan fingerprint density at radius 3 is 2.57 bits per heavy atom. The minimum Gasteiger partial charge on any atom is -0.394 e. The molecule has 0 aromatic rings. The summed E-state index contributed by atoms with van der Waals surface area (Å²) in [6, 6.07) is -0.429. The maximum absolute atomic E-state index is 11.5. The Kier molecular flexibility index (Phi) is 2.08. The number of carbonyl (C=O) groups excluding carboxylic acids is 2. The lowest BCUT2D eigenvalue weighted by Gasteiger charge is -2.18. The standard InChI is InChI=1S/C9H14N2O3/c1-11-7(13)4-6(8(11)14)10-9(5-12)2-3-9/h6,10,12H,2-5H2,1H3. The van der Waals surface area contributed by atoms with Crippen LogP contribution in [0.1, 0.15) is 19.3 Å². The number of aliphatic hydroxyl groups excluding tert-OH is 1. The number of likely N-dealkylation sites (tertiary alicyclic amines) is 1. The third kappa shape index (κ3) is 1.42. The molecule has 2 aliphatic rings. The normalized spacial score (nSPS) is 29.9. The van der Waals surface area contributed by atoms with Gasteiger partial charge in [-0.15, -0.1) is 0 Å². The first-order valence-electron chi connectivity index (χ1n) is 4.77. The van der Waals surface area contributed by atoms with Crippen molar-refractivity contribution in [2.24, 2.45) is 0 Å². The first-order valence-corrected chi connectivity index (χ1v) is 4.77. The molecule has 0 bridgehead atoms. The van der Waals surface area contributed by atoms with Gasteiger partial charge in [-0.3, -0.25) is 19.8 Å². The zero-order valence-electron chi connectivity index (χ0n) is 8.12. The molecule has 1 heterocycles. The first kappa shape index (κ1) is 9.61. The van der Waals surface area contributed by atoms with E-state index >= 15 is 0 Å². The maximum atomic E-state index is 11.5. The summed E-state index contributed by atoms with van der Waals surface area (Å²) in [5.74, 6) is -0.337. The van der Waals surface area contributed by atoms with E-state index in [1.165, 1.54) is 7.05 Å². The number of amides is 2. The van der Waals surface area contributed by atoms with Crippen molar-refractivity contribution in [3.05, 3.63) is 0 Å². The summed E-state index contributed by atoms with van der Waals surface area (Å²) >= 11 is 0. The predicted octanol–water partition coefficient (Wildman–Crippen LogP) is -1.14. The number of aliphatic hydroxyl groups is 1. The molecule has 5 heteroatoms. The SMILES string of the molecule is CN1C(=O)CC(NC2(CO)CC2)C1=O. The van der Waals surface area contributed by atoms with Crippen molar-refractivity contribution < 1.29 is 14.7 Å². The molecule has 0 spiro atoms. The van der Waals surface area contributed by atoms with E-state index < -0.39 is 6.04 Å². The lowest BCUT2D eigenvalue weighted by molar-refractivity contribution is -0.137. The van der Waals surface area contributed by atoms with Gasteiger partial charge in [0.15, 0.2) is 0 Å². The molecular weight excluding hydrogens is 184 g/mol. The Labute approximate surface area is 82.1 Å². The van der Waals surface area contributed by atoms with Crippen molar-refractivity contribution in [2.45, 2.75) is 30.8 Å². The lowest BCUT2D eigenvalue weighted by atomic mass is 10.2. The van der Waals surface area contributed by atoms with Gasteiger partial charge in [0.2, 0.25) is 11.8 Å². The molecule has 14 heavy (non-hydrogen) atoms. The quantitative estimate of drug-likeness (QED) is 0.562. The first-order chi connectivity index (χ1) is 6.58. The van der Waals surface area contributed by atoms with Crippen LogP contribution in [0.25, 0.3) is 0 Å². The minimum absolute atomic E-state index is 0.0364. The van der Waals surface area contributed by atoms with Gasteiger partial charge in [-0.1, -0.05) is 0 Å². The average Bonchev–Trinajstić information content (AvgIpc) is 2.90. The second-order valence-electron chi connectivity index (χ2n) is 4.13. The van der Waals surface area contributed by atoms with E-state index in [1.807, 2.05) is 0 Å². The van der Waals surface area contributed by atoms with Gasteiger partial charge in [-0.05, 0) is 12.8 Å². The van der Waals surface area contributed by atoms with Gasteiger partial charge >= 0.3 is 0 Å². The number of nitrogens with zero attached hydrogens (tertiary/aromatic N) is 1. The fraction of sp³-hybridized carbons (Fsp3) is 0.778. The van der Waals surface area contributed by atoms with Crippen LogP contribution in [0.15, 0.2) is 0 Å². The molecule has 2 N–H and O–H groups in total. The maximum Gasteiger partial charge on any atom is 0.246 e. The third-order valence-electron chi connectivity index (χ3n) is 3.02. The Balaban J connectivity index is 2.00. The Morgan fingerprint density at radius 1 is 1.57 bits per heavy atom. The number of hydrogen-bond acceptors (Lipinski definition) is 4. The van der Waals surface area contributed by atoms with Gasteiger partial charge < -0.3 is 5.11 Å². The van der Waals surface area contributed by atoms with Gasteiger partial charge in [-0.25, -0.2) is 0 Å². The van der Waals surface area contributed by atoms with Crippen LogP contribution in [0.5, 0.6) is 0 Å². The summed E-state index contributed by atoms with van der Waals surface area (Å²) in [6.45, 7) is 0.0364. The van der Waals surface area contributed by atoms with Gasteiger partial charge in [0, 0.05) is 12.6 Å². The van der Waals surface area contributed by atoms with Crippen LogP contribution < -0.4 is 5.32 Å². The highest BCUT2D eigenvalue weighted by molar-refractivity contribution is 6.05. The third-order valence-corrected chi connectivity index (χ3v) is 3.02. The second kappa shape index (κ2) is 3.03. The zero-order valence-corrected chi connectivity index (χ0v) is 8.12. The summed E-state index contributed by atoms with van der Waals surface area (Å²) < 4.78 is 0. The summed E-state index contributed by atoms with van der Waals surface area (Å²) in [5, 5.41) is 12.1. The Hall–Kier alpha value is -0.940. The average molecular weight is 198 g/mol. The molecule has 1 saturated heterocycles. The molecule has 78 valence electrons. The van der Waals surface area contributed by atoms with Crippen molar-refractivity contribution in [1.82, 2.24) is 10.2 Å². The van der Waals surface area contributed by atoms with Gasteiger partial charge in [-0.2, -0.15) is 0 Å². The number of carbonyl (C=O) groups is 2. The summed E-state index contributed by atoms with van der Waals surface area (Å²) in [5.41, 5.74) is -0.286. The fourth-order valence-electron chi connectivity index (χ4n) is 1.74. The molecule has 0 radical (unpaired) electrons. The second-order valence-corrected chi connectivity index (χ2v) is 4.13. The van der Waals surface area contributed by atoms with E-state index in [0.29, 0.717) is 0 Å². The largest absolute Gasteiger partial charge is 0.394 e. The molecule has 1 unspecified atom stereocenters. The van der Waals surface area contributed by atoms with E-state index in [9.17, 15) is 9.59 Å². The zero-order chi connectivity index (χ0) is 10.3. The van der Waals surface area contributed by atoms with Crippen molar-refractivity contribution >= 4 is 11.8 Å². The molecule has 1 atom stereocenters. The molecule has 5 nitrogen and oxygen atoms in total. The molecule has 0 aromatic heterocycles.